The first-order valence-electron chi connectivity index (χ1n) is 10.5. The van der Waals surface area contributed by atoms with Crippen molar-refractivity contribution in [3.63, 3.8) is 0 Å². The zero-order valence-electron chi connectivity index (χ0n) is 17.5. The van der Waals surface area contributed by atoms with Crippen LogP contribution in [-0.2, 0) is 20.7 Å². The second kappa shape index (κ2) is 6.74. The van der Waals surface area contributed by atoms with E-state index in [2.05, 4.69) is 15.8 Å². The summed E-state index contributed by atoms with van der Waals surface area (Å²) in [6, 6.07) is 0.0916. The van der Waals surface area contributed by atoms with E-state index < -0.39 is 41.2 Å². The van der Waals surface area contributed by atoms with Crippen molar-refractivity contribution in [1.82, 2.24) is 15.8 Å². The number of hydrogen-bond donors (Lipinski definition) is 2. The molecule has 31 heavy (non-hydrogen) atoms. The van der Waals surface area contributed by atoms with Gasteiger partial charge in [-0.05, 0) is 31.4 Å². The van der Waals surface area contributed by atoms with Crippen LogP contribution in [0.15, 0.2) is 10.6 Å². The molecule has 0 aliphatic carbocycles. The second-order valence-electron chi connectivity index (χ2n) is 8.44. The van der Waals surface area contributed by atoms with E-state index in [0.29, 0.717) is 41.7 Å². The van der Waals surface area contributed by atoms with E-state index in [-0.39, 0.29) is 18.1 Å². The molecule has 4 heterocycles. The molecular formula is C21H23FN4O5. The molecule has 0 bridgehead atoms. The van der Waals surface area contributed by atoms with Gasteiger partial charge in [0.05, 0.1) is 29.6 Å². The lowest BCUT2D eigenvalue weighted by Crippen LogP contribution is -2.75. The highest BCUT2D eigenvalue weighted by molar-refractivity contribution is 6.20. The summed E-state index contributed by atoms with van der Waals surface area (Å²) in [4.78, 5) is 40.1. The zero-order valence-corrected chi connectivity index (χ0v) is 17.5. The third-order valence-corrected chi connectivity index (χ3v) is 6.78. The molecule has 164 valence electrons. The summed E-state index contributed by atoms with van der Waals surface area (Å²) >= 11 is 0. The van der Waals surface area contributed by atoms with Gasteiger partial charge in [0.1, 0.15) is 0 Å². The van der Waals surface area contributed by atoms with Crippen LogP contribution < -0.4 is 15.5 Å². The van der Waals surface area contributed by atoms with Gasteiger partial charge in [-0.3, -0.25) is 20.2 Å². The maximum absolute atomic E-state index is 15.7. The van der Waals surface area contributed by atoms with Gasteiger partial charge in [-0.1, -0.05) is 19.0 Å². The Labute approximate surface area is 177 Å². The third-order valence-electron chi connectivity index (χ3n) is 6.78. The maximum atomic E-state index is 15.7. The number of fused-ring (bicyclic) bond motifs is 5. The highest BCUT2D eigenvalue weighted by Crippen LogP contribution is 2.49. The summed E-state index contributed by atoms with van der Waals surface area (Å²) < 4.78 is 27.2. The zero-order chi connectivity index (χ0) is 22.1. The second-order valence-corrected chi connectivity index (χ2v) is 8.44. The molecule has 3 atom stereocenters. The van der Waals surface area contributed by atoms with Crippen LogP contribution >= 0.6 is 0 Å². The molecule has 2 N–H and O–H groups in total. The van der Waals surface area contributed by atoms with Crippen LogP contribution in [0.2, 0.25) is 0 Å². The van der Waals surface area contributed by atoms with Gasteiger partial charge in [-0.2, -0.15) is 0 Å². The van der Waals surface area contributed by atoms with Crippen LogP contribution in [0.1, 0.15) is 37.9 Å². The summed E-state index contributed by atoms with van der Waals surface area (Å²) in [7, 11) is 0. The Morgan fingerprint density at radius 3 is 2.58 bits per heavy atom. The van der Waals surface area contributed by atoms with Gasteiger partial charge in [-0.15, -0.1) is 0 Å². The van der Waals surface area contributed by atoms with E-state index in [4.69, 9.17) is 9.26 Å². The number of ether oxygens (including phenoxy) is 1. The summed E-state index contributed by atoms with van der Waals surface area (Å²) in [6.45, 7) is 5.87. The van der Waals surface area contributed by atoms with Crippen molar-refractivity contribution < 1.29 is 28.0 Å². The van der Waals surface area contributed by atoms with Crippen LogP contribution in [0.3, 0.4) is 0 Å². The minimum atomic E-state index is -1.63. The maximum Gasteiger partial charge on any atom is 0.328 e. The standard InChI is InChI=1S/C21H23FN4O5/c1-4-11-8-26-15-10(6-12-9(3)25-31-16(12)14(15)22)7-21(17(26)13(5-2)30-11)18(27)23-20(29)24-19(21)28/h6,11,13,17H,4-5,7-8H2,1-3H3,(H2,23,24,27,28,29)/t11-,13+,17-/m1/s1. The Morgan fingerprint density at radius 1 is 1.23 bits per heavy atom. The van der Waals surface area contributed by atoms with E-state index in [9.17, 15) is 14.4 Å². The number of aromatic nitrogens is 1. The van der Waals surface area contributed by atoms with Gasteiger partial charge >= 0.3 is 6.03 Å². The largest absolute Gasteiger partial charge is 0.371 e. The molecular weight excluding hydrogens is 407 g/mol. The molecule has 2 saturated heterocycles. The molecule has 4 amide bonds. The lowest BCUT2D eigenvalue weighted by atomic mass is 9.66. The van der Waals surface area contributed by atoms with Gasteiger partial charge in [0, 0.05) is 18.4 Å². The van der Waals surface area contributed by atoms with Gasteiger partial charge in [0.15, 0.2) is 11.2 Å². The summed E-state index contributed by atoms with van der Waals surface area (Å²) in [6.07, 6.45) is 0.414. The molecule has 1 aromatic heterocycles. The highest BCUT2D eigenvalue weighted by atomic mass is 19.1. The molecule has 1 spiro atoms. The minimum absolute atomic E-state index is 0.0475. The fourth-order valence-corrected chi connectivity index (χ4v) is 5.30. The van der Waals surface area contributed by atoms with Crippen LogP contribution in [0, 0.1) is 18.2 Å². The monoisotopic (exact) mass is 430 g/mol. The van der Waals surface area contributed by atoms with Gasteiger partial charge < -0.3 is 14.2 Å². The first-order chi connectivity index (χ1) is 14.8. The average molecular weight is 430 g/mol. The number of amides is 4. The lowest BCUT2D eigenvalue weighted by molar-refractivity contribution is -0.155. The SMILES string of the molecule is CC[C@@H]1CN2c3c(cc4c(C)noc4c3F)CC3(C(=O)NC(=O)NC3=O)[C@H]2[C@H](CC)O1. The number of urea groups is 1. The number of carbonyl (C=O) groups is 3. The molecule has 10 heteroatoms. The molecule has 5 rings (SSSR count). The van der Waals surface area contributed by atoms with Crippen molar-refractivity contribution in [3.05, 3.63) is 23.1 Å². The number of rotatable bonds is 2. The predicted octanol–water partition coefficient (Wildman–Crippen LogP) is 1.95. The number of halogens is 1. The van der Waals surface area contributed by atoms with Crippen LogP contribution in [-0.4, -0.2) is 47.8 Å². The predicted molar refractivity (Wildman–Crippen MR) is 107 cm³/mol. The highest BCUT2D eigenvalue weighted by Gasteiger charge is 2.63. The number of aryl methyl sites for hydroxylation is 1. The molecule has 0 saturated carbocycles. The number of hydrogen-bond acceptors (Lipinski definition) is 7. The third kappa shape index (κ3) is 2.57. The Kier molecular flexibility index (Phi) is 4.34. The number of benzene rings is 1. The number of nitrogens with one attached hydrogen (secondary N) is 2. The van der Waals surface area contributed by atoms with E-state index in [1.165, 1.54) is 0 Å². The fraction of sp³-hybridized carbons (Fsp3) is 0.524. The van der Waals surface area contributed by atoms with Gasteiger partial charge in [0.25, 0.3) is 0 Å². The first kappa shape index (κ1) is 19.9. The summed E-state index contributed by atoms with van der Waals surface area (Å²) in [5.41, 5.74) is -0.270. The molecule has 3 aliphatic rings. The number of morpholine rings is 1. The number of anilines is 1. The van der Waals surface area contributed by atoms with Crippen LogP contribution in [0.4, 0.5) is 14.9 Å². The van der Waals surface area contributed by atoms with Gasteiger partial charge in [-0.25, -0.2) is 9.18 Å². The Morgan fingerprint density at radius 2 is 1.94 bits per heavy atom. The number of imide groups is 2. The van der Waals surface area contributed by atoms with Crippen molar-refractivity contribution in [2.24, 2.45) is 5.41 Å². The number of carbonyl (C=O) groups excluding carboxylic acids is 3. The molecule has 0 radical (unpaired) electrons. The molecule has 2 aromatic rings. The Hall–Kier alpha value is -3.01. The van der Waals surface area contributed by atoms with Crippen LogP contribution in [0.5, 0.6) is 0 Å². The topological polar surface area (TPSA) is 114 Å². The number of barbiturate groups is 1. The Balaban J connectivity index is 1.79. The van der Waals surface area contributed by atoms with E-state index in [1.807, 2.05) is 13.8 Å². The van der Waals surface area contributed by atoms with Gasteiger partial charge in [0.2, 0.25) is 17.4 Å². The lowest BCUT2D eigenvalue weighted by Gasteiger charge is -2.56. The quantitative estimate of drug-likeness (QED) is 0.700. The average Bonchev–Trinajstić information content (AvgIpc) is 3.11. The Bertz CT molecular complexity index is 1110. The van der Waals surface area contributed by atoms with E-state index >= 15 is 4.39 Å². The van der Waals surface area contributed by atoms with E-state index in [0.717, 1.165) is 0 Å². The molecule has 0 unspecified atom stereocenters. The van der Waals surface area contributed by atoms with Crippen molar-refractivity contribution in [2.75, 3.05) is 11.4 Å². The minimum Gasteiger partial charge on any atom is -0.371 e. The number of nitrogens with zero attached hydrogens (tertiary/aromatic N) is 2. The van der Waals surface area contributed by atoms with Crippen molar-refractivity contribution in [3.8, 4) is 0 Å². The van der Waals surface area contributed by atoms with E-state index in [1.54, 1.807) is 17.9 Å². The molecule has 2 fully saturated rings. The summed E-state index contributed by atoms with van der Waals surface area (Å²) in [5, 5.41) is 8.86. The molecule has 1 aromatic carbocycles. The summed E-state index contributed by atoms with van der Waals surface area (Å²) in [5.74, 6) is -1.95. The van der Waals surface area contributed by atoms with Crippen molar-refractivity contribution >= 4 is 34.5 Å². The molecule has 3 aliphatic heterocycles. The fourth-order valence-electron chi connectivity index (χ4n) is 5.30. The molecule has 9 nitrogen and oxygen atoms in total. The van der Waals surface area contributed by atoms with Crippen LogP contribution in [0.25, 0.3) is 11.0 Å². The first-order valence-corrected chi connectivity index (χ1v) is 10.5. The smallest absolute Gasteiger partial charge is 0.328 e. The van der Waals surface area contributed by atoms with Crippen molar-refractivity contribution in [2.45, 2.75) is 58.3 Å². The normalized spacial score (nSPS) is 27.2. The van der Waals surface area contributed by atoms with Crippen molar-refractivity contribution in [1.29, 1.82) is 0 Å².